The fraction of sp³-hybridized carbons (Fsp3) is 0.444. The SMILES string of the molecule is COc1cc(OCc2csc(C3(NS(=O)(=O)C(C)(C)C)CCOCC3)n2)c2cc(-c3cn4nc(C)sc4n3)oc2c1. The summed E-state index contributed by atoms with van der Waals surface area (Å²) in [4.78, 5) is 10.3. The minimum atomic E-state index is -3.61. The number of aryl methyl sites for hydroxylation is 1. The number of nitrogens with one attached hydrogen (secondary N) is 1. The average molecular weight is 618 g/mol. The summed E-state index contributed by atoms with van der Waals surface area (Å²) in [7, 11) is -2.03. The smallest absolute Gasteiger partial charge is 0.217 e. The van der Waals surface area contributed by atoms with E-state index < -0.39 is 20.3 Å². The molecule has 0 radical (unpaired) electrons. The van der Waals surface area contributed by atoms with Gasteiger partial charge in [0.15, 0.2) is 5.76 Å². The summed E-state index contributed by atoms with van der Waals surface area (Å²) in [5.41, 5.74) is 1.16. The van der Waals surface area contributed by atoms with Crippen molar-refractivity contribution in [1.82, 2.24) is 24.3 Å². The van der Waals surface area contributed by atoms with Gasteiger partial charge in [0, 0.05) is 30.7 Å². The molecule has 1 aromatic carbocycles. The molecule has 0 atom stereocenters. The lowest BCUT2D eigenvalue weighted by atomic mass is 9.92. The second kappa shape index (κ2) is 10.3. The zero-order chi connectivity index (χ0) is 29.0. The third-order valence-corrected chi connectivity index (χ3v) is 11.2. The van der Waals surface area contributed by atoms with Crippen LogP contribution < -0.4 is 14.2 Å². The van der Waals surface area contributed by atoms with E-state index in [4.69, 9.17) is 23.6 Å². The predicted molar refractivity (Wildman–Crippen MR) is 157 cm³/mol. The number of furan rings is 1. The molecule has 14 heteroatoms. The molecule has 1 aliphatic heterocycles. The van der Waals surface area contributed by atoms with E-state index in [1.165, 1.54) is 22.7 Å². The summed E-state index contributed by atoms with van der Waals surface area (Å²) in [6.07, 6.45) is 2.85. The molecule has 6 rings (SSSR count). The quantitative estimate of drug-likeness (QED) is 0.247. The number of benzene rings is 1. The molecule has 4 aromatic heterocycles. The first-order valence-corrected chi connectivity index (χ1v) is 16.3. The summed E-state index contributed by atoms with van der Waals surface area (Å²) in [6.45, 7) is 8.09. The maximum Gasteiger partial charge on any atom is 0.217 e. The molecule has 0 aliphatic carbocycles. The Balaban J connectivity index is 1.27. The molecule has 11 nitrogen and oxygen atoms in total. The van der Waals surface area contributed by atoms with E-state index in [0.29, 0.717) is 65.3 Å². The third kappa shape index (κ3) is 5.34. The Kier molecular flexibility index (Phi) is 7.09. The Morgan fingerprint density at radius 1 is 1.17 bits per heavy atom. The maximum absolute atomic E-state index is 13.1. The first-order valence-electron chi connectivity index (χ1n) is 13.1. The number of imidazole rings is 1. The van der Waals surface area contributed by atoms with Crippen LogP contribution in [0.2, 0.25) is 0 Å². The number of hydrogen-bond acceptors (Lipinski definition) is 11. The minimum absolute atomic E-state index is 0.182. The van der Waals surface area contributed by atoms with Crippen molar-refractivity contribution in [3.05, 3.63) is 45.5 Å². The van der Waals surface area contributed by atoms with Gasteiger partial charge in [-0.05, 0) is 46.6 Å². The molecule has 1 saturated heterocycles. The molecule has 41 heavy (non-hydrogen) atoms. The Hall–Kier alpha value is -3.04. The lowest BCUT2D eigenvalue weighted by Gasteiger charge is -2.38. The fourth-order valence-electron chi connectivity index (χ4n) is 4.60. The Morgan fingerprint density at radius 2 is 1.95 bits per heavy atom. The highest BCUT2D eigenvalue weighted by molar-refractivity contribution is 7.90. The standard InChI is InChI=1S/C27H31N5O6S3/c1-16-30-32-13-20(29-25(32)40-16)23-12-19-21(10-18(35-5)11-22(19)38-23)37-14-17-15-39-24(28-17)27(6-8-36-9-7-27)31-41(33,34)26(2,3)4/h10-13,15,31H,6-9,14H2,1-5H3. The molecule has 0 spiro atoms. The summed E-state index contributed by atoms with van der Waals surface area (Å²) >= 11 is 2.93. The molecular formula is C27H31N5O6S3. The molecule has 0 amide bonds. The van der Waals surface area contributed by atoms with Crippen molar-refractivity contribution in [2.75, 3.05) is 20.3 Å². The van der Waals surface area contributed by atoms with Gasteiger partial charge in [0.1, 0.15) is 39.4 Å². The maximum atomic E-state index is 13.1. The molecule has 5 aromatic rings. The zero-order valence-corrected chi connectivity index (χ0v) is 25.8. The van der Waals surface area contributed by atoms with Crippen LogP contribution in [0, 0.1) is 6.92 Å². The van der Waals surface area contributed by atoms with E-state index in [9.17, 15) is 8.42 Å². The van der Waals surface area contributed by atoms with E-state index in [0.717, 1.165) is 15.4 Å². The molecule has 0 saturated carbocycles. The van der Waals surface area contributed by atoms with Crippen molar-refractivity contribution in [1.29, 1.82) is 0 Å². The van der Waals surface area contributed by atoms with Gasteiger partial charge in [-0.25, -0.2) is 27.6 Å². The zero-order valence-electron chi connectivity index (χ0n) is 23.4. The normalized spacial score (nSPS) is 16.0. The number of rotatable bonds is 8. The van der Waals surface area contributed by atoms with Gasteiger partial charge in [0.05, 0.1) is 34.7 Å². The largest absolute Gasteiger partial charge is 0.496 e. The molecular weight excluding hydrogens is 587 g/mol. The molecule has 218 valence electrons. The lowest BCUT2D eigenvalue weighted by molar-refractivity contribution is 0.0455. The van der Waals surface area contributed by atoms with Crippen LogP contribution in [0.25, 0.3) is 27.4 Å². The average Bonchev–Trinajstić information content (AvgIpc) is 3.69. The highest BCUT2D eigenvalue weighted by Gasteiger charge is 2.44. The van der Waals surface area contributed by atoms with Gasteiger partial charge in [-0.1, -0.05) is 11.3 Å². The summed E-state index contributed by atoms with van der Waals surface area (Å²) in [6, 6.07) is 5.51. The molecule has 0 unspecified atom stereocenters. The third-order valence-electron chi connectivity index (χ3n) is 7.02. The Labute approximate surface area is 245 Å². The van der Waals surface area contributed by atoms with Crippen LogP contribution in [0.15, 0.2) is 34.2 Å². The number of nitrogens with zero attached hydrogens (tertiary/aromatic N) is 4. The molecule has 1 fully saturated rings. The number of sulfonamides is 1. The van der Waals surface area contributed by atoms with Gasteiger partial charge in [-0.2, -0.15) is 5.10 Å². The molecule has 5 heterocycles. The summed E-state index contributed by atoms with van der Waals surface area (Å²) in [5.74, 6) is 1.76. The van der Waals surface area contributed by atoms with Crippen LogP contribution >= 0.6 is 22.7 Å². The number of aromatic nitrogens is 4. The molecule has 1 aliphatic rings. The van der Waals surface area contributed by atoms with Crippen LogP contribution in [0.5, 0.6) is 11.5 Å². The van der Waals surface area contributed by atoms with Crippen LogP contribution in [0.1, 0.15) is 49.3 Å². The second-order valence-corrected chi connectivity index (χ2v) is 15.4. The van der Waals surface area contributed by atoms with Crippen LogP contribution in [-0.4, -0.2) is 53.1 Å². The van der Waals surface area contributed by atoms with E-state index in [2.05, 4.69) is 14.8 Å². The minimum Gasteiger partial charge on any atom is -0.496 e. The molecule has 1 N–H and O–H groups in total. The first-order chi connectivity index (χ1) is 19.5. The van der Waals surface area contributed by atoms with Gasteiger partial charge in [0.25, 0.3) is 0 Å². The first kappa shape index (κ1) is 28.1. The molecule has 0 bridgehead atoms. The van der Waals surface area contributed by atoms with Crippen molar-refractivity contribution in [2.24, 2.45) is 0 Å². The van der Waals surface area contributed by atoms with E-state index in [1.54, 1.807) is 32.4 Å². The van der Waals surface area contributed by atoms with E-state index in [-0.39, 0.29) is 6.61 Å². The fourth-order valence-corrected chi connectivity index (χ4v) is 7.53. The highest BCUT2D eigenvalue weighted by Crippen LogP contribution is 2.39. The number of ether oxygens (including phenoxy) is 3. The second-order valence-electron chi connectivity index (χ2n) is 11.0. The van der Waals surface area contributed by atoms with Crippen molar-refractivity contribution in [3.8, 4) is 23.0 Å². The number of methoxy groups -OCH3 is 1. The number of thiazole rings is 1. The Bertz CT molecular complexity index is 1790. The van der Waals surface area contributed by atoms with E-state index in [1.807, 2.05) is 36.7 Å². The van der Waals surface area contributed by atoms with Crippen molar-refractivity contribution in [2.45, 2.75) is 57.4 Å². The van der Waals surface area contributed by atoms with Crippen molar-refractivity contribution < 1.29 is 27.0 Å². The van der Waals surface area contributed by atoms with Gasteiger partial charge in [-0.15, -0.1) is 11.3 Å². The van der Waals surface area contributed by atoms with Crippen LogP contribution in [0.3, 0.4) is 0 Å². The van der Waals surface area contributed by atoms with Gasteiger partial charge in [0.2, 0.25) is 15.0 Å². The predicted octanol–water partition coefficient (Wildman–Crippen LogP) is 5.28. The van der Waals surface area contributed by atoms with E-state index >= 15 is 0 Å². The van der Waals surface area contributed by atoms with Crippen molar-refractivity contribution >= 4 is 48.6 Å². The van der Waals surface area contributed by atoms with Gasteiger partial charge in [-0.3, -0.25) is 0 Å². The highest BCUT2D eigenvalue weighted by atomic mass is 32.2. The van der Waals surface area contributed by atoms with Crippen LogP contribution in [-0.2, 0) is 26.9 Å². The summed E-state index contributed by atoms with van der Waals surface area (Å²) < 4.78 is 53.5. The lowest BCUT2D eigenvalue weighted by Crippen LogP contribution is -2.53. The van der Waals surface area contributed by atoms with Gasteiger partial charge >= 0.3 is 0 Å². The topological polar surface area (TPSA) is 130 Å². The Morgan fingerprint density at radius 3 is 2.66 bits per heavy atom. The monoisotopic (exact) mass is 617 g/mol. The number of hydrogen-bond donors (Lipinski definition) is 1. The number of fused-ring (bicyclic) bond motifs is 2. The van der Waals surface area contributed by atoms with Crippen molar-refractivity contribution in [3.63, 3.8) is 0 Å². The summed E-state index contributed by atoms with van der Waals surface area (Å²) in [5, 5.41) is 8.75. The van der Waals surface area contributed by atoms with Gasteiger partial charge < -0.3 is 18.6 Å². The van der Waals surface area contributed by atoms with Crippen LogP contribution in [0.4, 0.5) is 0 Å².